The zero-order valence-corrected chi connectivity index (χ0v) is 16.9. The first kappa shape index (κ1) is 20.4. The summed E-state index contributed by atoms with van der Waals surface area (Å²) in [5.41, 5.74) is 0.703. The van der Waals surface area contributed by atoms with Gasteiger partial charge in [0, 0.05) is 45.5 Å². The van der Waals surface area contributed by atoms with E-state index in [9.17, 15) is 9.59 Å². The lowest BCUT2D eigenvalue weighted by atomic mass is 10.2. The average Bonchev–Trinajstić information content (AvgIpc) is 2.92. The van der Waals surface area contributed by atoms with Gasteiger partial charge in [-0.3, -0.25) is 19.4 Å². The highest BCUT2D eigenvalue weighted by atomic mass is 16.6. The lowest BCUT2D eigenvalue weighted by molar-refractivity contribution is -0.130. The summed E-state index contributed by atoms with van der Waals surface area (Å²) in [6.45, 7) is 6.66. The fourth-order valence-corrected chi connectivity index (χ4v) is 3.40. The van der Waals surface area contributed by atoms with Crippen molar-refractivity contribution in [2.45, 2.75) is 19.4 Å². The van der Waals surface area contributed by atoms with E-state index in [0.717, 1.165) is 32.6 Å². The molecule has 1 fully saturated rings. The van der Waals surface area contributed by atoms with Gasteiger partial charge in [0.2, 0.25) is 11.8 Å². The van der Waals surface area contributed by atoms with Gasteiger partial charge in [-0.05, 0) is 32.0 Å². The Kier molecular flexibility index (Phi) is 6.74. The minimum atomic E-state index is -0.252. The number of benzene rings is 1. The molecule has 1 unspecified atom stereocenters. The number of nitrogens with zero attached hydrogens (tertiary/aromatic N) is 3. The number of nitrogens with one attached hydrogen (secondary N) is 1. The quantitative estimate of drug-likeness (QED) is 0.805. The smallest absolute Gasteiger partial charge is 0.241 e. The van der Waals surface area contributed by atoms with Crippen LogP contribution in [0.25, 0.3) is 0 Å². The highest BCUT2D eigenvalue weighted by Gasteiger charge is 2.25. The van der Waals surface area contributed by atoms with Gasteiger partial charge in [-0.2, -0.15) is 0 Å². The van der Waals surface area contributed by atoms with Gasteiger partial charge in [-0.25, -0.2) is 0 Å². The summed E-state index contributed by atoms with van der Waals surface area (Å²) in [4.78, 5) is 30.6. The van der Waals surface area contributed by atoms with E-state index in [-0.39, 0.29) is 17.9 Å². The van der Waals surface area contributed by atoms with Gasteiger partial charge in [-0.1, -0.05) is 0 Å². The number of amides is 2. The summed E-state index contributed by atoms with van der Waals surface area (Å²) in [5.74, 6) is 1.43. The summed E-state index contributed by atoms with van der Waals surface area (Å²) < 4.78 is 11.1. The van der Waals surface area contributed by atoms with E-state index in [0.29, 0.717) is 36.9 Å². The average molecular weight is 390 g/mol. The molecule has 28 heavy (non-hydrogen) atoms. The molecule has 8 nitrogen and oxygen atoms in total. The van der Waals surface area contributed by atoms with E-state index < -0.39 is 0 Å². The zero-order chi connectivity index (χ0) is 20.1. The largest absolute Gasteiger partial charge is 0.486 e. The summed E-state index contributed by atoms with van der Waals surface area (Å²) in [5, 5.41) is 2.98. The monoisotopic (exact) mass is 390 g/mol. The highest BCUT2D eigenvalue weighted by molar-refractivity contribution is 5.94. The molecule has 1 aromatic rings. The third-order valence-electron chi connectivity index (χ3n) is 5.22. The lowest BCUT2D eigenvalue weighted by Crippen LogP contribution is -2.44. The SMILES string of the molecule is CC(C(=O)Nc1ccc2c(c1)OCCO2)N1CCCN(CC(=O)N(C)C)CC1. The number of fused-ring (bicyclic) bond motifs is 1. The summed E-state index contributed by atoms with van der Waals surface area (Å²) >= 11 is 0. The number of hydrogen-bond acceptors (Lipinski definition) is 6. The second kappa shape index (κ2) is 9.25. The number of likely N-dealkylation sites (N-methyl/N-ethyl adjacent to an activating group) is 1. The van der Waals surface area contributed by atoms with Crippen LogP contribution in [0.2, 0.25) is 0 Å². The van der Waals surface area contributed by atoms with Crippen LogP contribution in [0.15, 0.2) is 18.2 Å². The van der Waals surface area contributed by atoms with Gasteiger partial charge in [0.25, 0.3) is 0 Å². The first-order valence-electron chi connectivity index (χ1n) is 9.81. The fourth-order valence-electron chi connectivity index (χ4n) is 3.40. The lowest BCUT2D eigenvalue weighted by Gasteiger charge is -2.27. The van der Waals surface area contributed by atoms with E-state index in [1.165, 1.54) is 0 Å². The maximum absolute atomic E-state index is 12.7. The molecule has 1 saturated heterocycles. The van der Waals surface area contributed by atoms with Crippen molar-refractivity contribution >= 4 is 17.5 Å². The standard InChI is InChI=1S/C20H30N4O4/c1-15(24-8-4-7-23(9-10-24)14-19(25)22(2)3)20(26)21-16-5-6-17-18(13-16)28-12-11-27-17/h5-6,13,15H,4,7-12,14H2,1-3H3,(H,21,26). The van der Waals surface area contributed by atoms with Crippen molar-refractivity contribution in [3.63, 3.8) is 0 Å². The molecule has 2 heterocycles. The zero-order valence-electron chi connectivity index (χ0n) is 16.9. The normalized spacial score (nSPS) is 18.8. The Hall–Kier alpha value is -2.32. The van der Waals surface area contributed by atoms with Crippen LogP contribution in [0, 0.1) is 0 Å². The third kappa shape index (κ3) is 5.14. The number of anilines is 1. The summed E-state index contributed by atoms with van der Waals surface area (Å²) in [6.07, 6.45) is 0.933. The number of hydrogen-bond donors (Lipinski definition) is 1. The van der Waals surface area contributed by atoms with E-state index in [4.69, 9.17) is 9.47 Å². The van der Waals surface area contributed by atoms with Crippen molar-refractivity contribution in [2.24, 2.45) is 0 Å². The predicted octanol–water partition coefficient (Wildman–Crippen LogP) is 0.881. The van der Waals surface area contributed by atoms with Crippen LogP contribution in [0.5, 0.6) is 11.5 Å². The molecule has 1 N–H and O–H groups in total. The maximum atomic E-state index is 12.7. The molecule has 2 aliphatic heterocycles. The molecule has 2 amide bonds. The van der Waals surface area contributed by atoms with Crippen molar-refractivity contribution < 1.29 is 19.1 Å². The minimum absolute atomic E-state index is 0.0468. The van der Waals surface area contributed by atoms with Crippen LogP contribution in [-0.4, -0.2) is 92.6 Å². The van der Waals surface area contributed by atoms with Gasteiger partial charge in [0.05, 0.1) is 12.6 Å². The molecule has 2 aliphatic rings. The van der Waals surface area contributed by atoms with Crippen LogP contribution >= 0.6 is 0 Å². The van der Waals surface area contributed by atoms with E-state index in [1.807, 2.05) is 19.1 Å². The molecule has 8 heteroatoms. The van der Waals surface area contributed by atoms with Gasteiger partial charge < -0.3 is 19.7 Å². The Morgan fingerprint density at radius 3 is 2.61 bits per heavy atom. The van der Waals surface area contributed by atoms with E-state index in [1.54, 1.807) is 25.1 Å². The van der Waals surface area contributed by atoms with Gasteiger partial charge in [0.1, 0.15) is 13.2 Å². The van der Waals surface area contributed by atoms with Gasteiger partial charge >= 0.3 is 0 Å². The van der Waals surface area contributed by atoms with Gasteiger partial charge in [-0.15, -0.1) is 0 Å². The highest BCUT2D eigenvalue weighted by Crippen LogP contribution is 2.32. The van der Waals surface area contributed by atoms with Crippen molar-refractivity contribution in [3.05, 3.63) is 18.2 Å². The Balaban J connectivity index is 1.54. The molecule has 0 aromatic heterocycles. The second-order valence-electron chi connectivity index (χ2n) is 7.48. The molecule has 0 bridgehead atoms. The first-order valence-corrected chi connectivity index (χ1v) is 9.81. The van der Waals surface area contributed by atoms with Crippen LogP contribution in [0.3, 0.4) is 0 Å². The molecule has 0 aliphatic carbocycles. The molecule has 1 aromatic carbocycles. The van der Waals surface area contributed by atoms with Crippen molar-refractivity contribution in [2.75, 3.05) is 65.3 Å². The maximum Gasteiger partial charge on any atom is 0.241 e. The summed E-state index contributed by atoms with van der Waals surface area (Å²) in [6, 6.07) is 5.20. The Bertz CT molecular complexity index is 709. The Morgan fingerprint density at radius 2 is 1.86 bits per heavy atom. The molecule has 0 spiro atoms. The predicted molar refractivity (Wildman–Crippen MR) is 107 cm³/mol. The molecular weight excluding hydrogens is 360 g/mol. The van der Waals surface area contributed by atoms with Crippen molar-refractivity contribution in [3.8, 4) is 11.5 Å². The molecule has 0 radical (unpaired) electrons. The van der Waals surface area contributed by atoms with Crippen LogP contribution < -0.4 is 14.8 Å². The number of carbonyl (C=O) groups excluding carboxylic acids is 2. The topological polar surface area (TPSA) is 74.4 Å². The third-order valence-corrected chi connectivity index (χ3v) is 5.22. The molecule has 1 atom stereocenters. The van der Waals surface area contributed by atoms with Crippen molar-refractivity contribution in [1.29, 1.82) is 0 Å². The van der Waals surface area contributed by atoms with E-state index >= 15 is 0 Å². The van der Waals surface area contributed by atoms with E-state index in [2.05, 4.69) is 15.1 Å². The van der Waals surface area contributed by atoms with Crippen LogP contribution in [0.1, 0.15) is 13.3 Å². The minimum Gasteiger partial charge on any atom is -0.486 e. The Morgan fingerprint density at radius 1 is 1.11 bits per heavy atom. The van der Waals surface area contributed by atoms with Crippen molar-refractivity contribution in [1.82, 2.24) is 14.7 Å². The molecule has 154 valence electrons. The van der Waals surface area contributed by atoms with Crippen LogP contribution in [0.4, 0.5) is 5.69 Å². The number of carbonyl (C=O) groups is 2. The molecule has 0 saturated carbocycles. The summed E-state index contributed by atoms with van der Waals surface area (Å²) in [7, 11) is 3.55. The van der Waals surface area contributed by atoms with Crippen LogP contribution in [-0.2, 0) is 9.59 Å². The first-order chi connectivity index (χ1) is 13.4. The fraction of sp³-hybridized carbons (Fsp3) is 0.600. The molecular formula is C20H30N4O4. The number of ether oxygens (including phenoxy) is 2. The number of rotatable bonds is 5. The molecule has 3 rings (SSSR count). The Labute approximate surface area is 166 Å². The van der Waals surface area contributed by atoms with Gasteiger partial charge in [0.15, 0.2) is 11.5 Å². The second-order valence-corrected chi connectivity index (χ2v) is 7.48.